The second-order valence-electron chi connectivity index (χ2n) is 12.7. The van der Waals surface area contributed by atoms with Gasteiger partial charge in [0.05, 0.1) is 18.4 Å². The molecule has 1 aliphatic heterocycles. The van der Waals surface area contributed by atoms with E-state index in [4.69, 9.17) is 9.47 Å². The first-order chi connectivity index (χ1) is 22.5. The number of nitrogens with zero attached hydrogens (tertiary/aromatic N) is 4. The van der Waals surface area contributed by atoms with Crippen LogP contribution in [0.5, 0.6) is 0 Å². The Balaban J connectivity index is 1.46. The number of aliphatic hydroxyl groups excluding tert-OH is 2. The number of ether oxygens (including phenoxy) is 2. The number of carbonyl (C=O) groups is 1. The first kappa shape index (κ1) is 36.8. The highest BCUT2D eigenvalue weighted by molar-refractivity contribution is 8.01. The topological polar surface area (TPSA) is 130 Å². The lowest BCUT2D eigenvalue weighted by atomic mass is 9.79. The lowest BCUT2D eigenvalue weighted by Gasteiger charge is -2.47. The molecule has 0 unspecified atom stereocenters. The van der Waals surface area contributed by atoms with Crippen LogP contribution in [-0.4, -0.2) is 114 Å². The highest BCUT2D eigenvalue weighted by Gasteiger charge is 2.55. The number of amides is 1. The number of aliphatic hydroxyl groups is 3. The third-order valence-corrected chi connectivity index (χ3v) is 10.9. The van der Waals surface area contributed by atoms with Gasteiger partial charge in [0.2, 0.25) is 17.8 Å². The van der Waals surface area contributed by atoms with Crippen LogP contribution in [0.25, 0.3) is 11.3 Å². The maximum Gasteiger partial charge on any atom is 0.248 e. The fourth-order valence-electron chi connectivity index (χ4n) is 6.61. The highest BCUT2D eigenvalue weighted by Crippen LogP contribution is 2.48. The molecule has 5 rings (SSSR count). The van der Waals surface area contributed by atoms with Crippen molar-refractivity contribution in [2.75, 3.05) is 26.8 Å². The maximum atomic E-state index is 14.2. The van der Waals surface area contributed by atoms with Crippen molar-refractivity contribution in [2.45, 2.75) is 97.9 Å². The van der Waals surface area contributed by atoms with Crippen molar-refractivity contribution < 1.29 is 60.3 Å². The fraction of sp³-hybridized carbons (Fsp3) is 0.700. The summed E-state index contributed by atoms with van der Waals surface area (Å²) in [6, 6.07) is 0.172. The number of rotatable bonds is 11. The Hall–Kier alpha value is -2.51. The molecule has 10 nitrogen and oxygen atoms in total. The molecule has 2 aromatic rings. The average molecular weight is 715 g/mol. The molecule has 18 heteroatoms. The molecule has 1 saturated heterocycles. The van der Waals surface area contributed by atoms with Gasteiger partial charge < -0.3 is 29.7 Å². The number of thioether (sulfide) groups is 1. The van der Waals surface area contributed by atoms with Crippen molar-refractivity contribution in [2.24, 2.45) is 5.92 Å². The van der Waals surface area contributed by atoms with Gasteiger partial charge >= 0.3 is 0 Å². The highest BCUT2D eigenvalue weighted by atomic mass is 32.2. The van der Waals surface area contributed by atoms with E-state index in [0.717, 1.165) is 16.4 Å². The fourth-order valence-corrected chi connectivity index (χ4v) is 8.26. The van der Waals surface area contributed by atoms with Gasteiger partial charge in [-0.15, -0.1) is 16.9 Å². The van der Waals surface area contributed by atoms with E-state index in [1.54, 1.807) is 6.92 Å². The molecular formula is C30H37F7N4O6S. The average Bonchev–Trinajstić information content (AvgIpc) is 3.51. The van der Waals surface area contributed by atoms with E-state index in [2.05, 4.69) is 10.3 Å². The van der Waals surface area contributed by atoms with Crippen molar-refractivity contribution in [1.29, 1.82) is 0 Å². The van der Waals surface area contributed by atoms with Crippen molar-refractivity contribution in [3.63, 3.8) is 0 Å². The second kappa shape index (κ2) is 14.0. The van der Waals surface area contributed by atoms with Gasteiger partial charge in [-0.3, -0.25) is 4.79 Å². The molecule has 1 aromatic heterocycles. The third kappa shape index (κ3) is 7.47. The lowest BCUT2D eigenvalue weighted by Crippen LogP contribution is -2.59. The molecule has 3 N–H and O–H groups in total. The largest absolute Gasteiger partial charge is 0.394 e. The third-order valence-electron chi connectivity index (χ3n) is 9.37. The summed E-state index contributed by atoms with van der Waals surface area (Å²) in [7, 11) is 1.24. The summed E-state index contributed by atoms with van der Waals surface area (Å²) in [5, 5.41) is 39.5. The maximum absolute atomic E-state index is 14.2. The normalized spacial score (nSPS) is 28.9. The van der Waals surface area contributed by atoms with Gasteiger partial charge in [0.1, 0.15) is 40.7 Å². The Morgan fingerprint density at radius 2 is 1.75 bits per heavy atom. The molecule has 2 heterocycles. The van der Waals surface area contributed by atoms with Crippen molar-refractivity contribution >= 4 is 17.7 Å². The molecule has 2 aliphatic carbocycles. The number of carbonyl (C=O) groups excluding carboxylic acids is 1. The Kier molecular flexibility index (Phi) is 10.7. The zero-order chi connectivity index (χ0) is 35.2. The second-order valence-corrected chi connectivity index (χ2v) is 13.9. The van der Waals surface area contributed by atoms with Crippen molar-refractivity contribution in [3.05, 3.63) is 35.8 Å². The van der Waals surface area contributed by atoms with Crippen LogP contribution in [0.15, 0.2) is 18.3 Å². The number of halogens is 7. The summed E-state index contributed by atoms with van der Waals surface area (Å²) >= 11 is 0.730. The molecule has 6 atom stereocenters. The molecule has 1 aromatic carbocycles. The van der Waals surface area contributed by atoms with Gasteiger partial charge in [0, 0.05) is 51.4 Å². The molecule has 3 aliphatic rings. The number of methoxy groups -OCH3 is 1. The van der Waals surface area contributed by atoms with E-state index in [9.17, 15) is 50.8 Å². The molecule has 3 fully saturated rings. The number of alkyl halides is 4. The Morgan fingerprint density at radius 1 is 1.12 bits per heavy atom. The van der Waals surface area contributed by atoms with Gasteiger partial charge in [-0.2, -0.15) is 0 Å². The van der Waals surface area contributed by atoms with E-state index in [0.29, 0.717) is 12.1 Å². The molecule has 0 bridgehead atoms. The quantitative estimate of drug-likeness (QED) is 0.234. The predicted molar refractivity (Wildman–Crippen MR) is 157 cm³/mol. The van der Waals surface area contributed by atoms with Crippen LogP contribution in [0.1, 0.15) is 51.5 Å². The van der Waals surface area contributed by atoms with E-state index in [1.165, 1.54) is 18.2 Å². The van der Waals surface area contributed by atoms with Gasteiger partial charge in [-0.25, -0.2) is 35.4 Å². The van der Waals surface area contributed by atoms with E-state index in [1.807, 2.05) is 0 Å². The molecule has 268 valence electrons. The van der Waals surface area contributed by atoms with Gasteiger partial charge in [-0.05, 0) is 37.8 Å². The Labute approximate surface area is 275 Å². The summed E-state index contributed by atoms with van der Waals surface area (Å²) in [6.45, 7) is 0.920. The first-order valence-electron chi connectivity index (χ1n) is 15.5. The van der Waals surface area contributed by atoms with E-state index in [-0.39, 0.29) is 24.3 Å². The minimum atomic E-state index is -3.07. The number of benzene rings is 1. The number of aromatic nitrogens is 3. The van der Waals surface area contributed by atoms with Crippen LogP contribution >= 0.6 is 11.8 Å². The zero-order valence-corrected chi connectivity index (χ0v) is 26.9. The van der Waals surface area contributed by atoms with Crippen LogP contribution in [0, 0.1) is 23.4 Å². The van der Waals surface area contributed by atoms with Crippen LogP contribution < -0.4 is 0 Å². The summed E-state index contributed by atoms with van der Waals surface area (Å²) in [5.41, 5.74) is -3.53. The van der Waals surface area contributed by atoms with Gasteiger partial charge in [0.15, 0.2) is 17.5 Å². The van der Waals surface area contributed by atoms with Gasteiger partial charge in [-0.1, -0.05) is 5.21 Å². The molecule has 1 amide bonds. The summed E-state index contributed by atoms with van der Waals surface area (Å²) in [5.74, 6) is -11.7. The summed E-state index contributed by atoms with van der Waals surface area (Å²) in [6.07, 6.45) is -6.05. The zero-order valence-electron chi connectivity index (χ0n) is 26.0. The van der Waals surface area contributed by atoms with Crippen molar-refractivity contribution in [3.8, 4) is 11.3 Å². The van der Waals surface area contributed by atoms with E-state index < -0.39 is 127 Å². The molecule has 0 radical (unpaired) electrons. The molecule has 0 spiro atoms. The van der Waals surface area contributed by atoms with E-state index >= 15 is 0 Å². The monoisotopic (exact) mass is 714 g/mol. The minimum absolute atomic E-state index is 0.0413. The predicted octanol–water partition coefficient (Wildman–Crippen LogP) is 3.93. The Bertz CT molecular complexity index is 1430. The minimum Gasteiger partial charge on any atom is -0.394 e. The molecular weight excluding hydrogens is 677 g/mol. The standard InChI is InChI=1S/C30H37F7N4O6S/c1-3-40(12-15-10-30(36,37)11-15)26(44)25(28(45)4-6-29(34,35)7-5-28)48-27-24(46-2)22(23(43)20(14-42)47-27)41-13-19(38-39-41)16-8-17(31)21(33)18(32)9-16/h8-9,13,15,20,22-25,27,42-43,45H,3-7,10-12,14H2,1-2H3/t20-,22+,23+,24-,25-,27+/m1/s1. The lowest BCUT2D eigenvalue weighted by molar-refractivity contribution is -0.187. The van der Waals surface area contributed by atoms with Crippen LogP contribution in [0.4, 0.5) is 30.7 Å². The molecule has 2 saturated carbocycles. The van der Waals surface area contributed by atoms with Crippen LogP contribution in [-0.2, 0) is 14.3 Å². The molecule has 48 heavy (non-hydrogen) atoms. The van der Waals surface area contributed by atoms with Crippen LogP contribution in [0.2, 0.25) is 0 Å². The SMILES string of the molecule is CCN(CC1CC(F)(F)C1)C(=O)[C@@H](S[C@@H]1O[C@H](CO)[C@H](O)[C@H](n2cc(-c3cc(F)c(F)c(F)c3)nn2)[C@H]1OC)C1(O)CCC(F)(F)CC1. The first-order valence-corrected chi connectivity index (χ1v) is 16.4. The smallest absolute Gasteiger partial charge is 0.248 e. The number of hydrogen-bond acceptors (Lipinski definition) is 9. The Morgan fingerprint density at radius 3 is 2.29 bits per heavy atom. The van der Waals surface area contributed by atoms with Crippen LogP contribution in [0.3, 0.4) is 0 Å². The summed E-state index contributed by atoms with van der Waals surface area (Å²) < 4.78 is 110. The van der Waals surface area contributed by atoms with Gasteiger partial charge in [0.25, 0.3) is 0 Å². The van der Waals surface area contributed by atoms with Crippen molar-refractivity contribution in [1.82, 2.24) is 19.9 Å². The summed E-state index contributed by atoms with van der Waals surface area (Å²) in [4.78, 5) is 15.4. The number of hydrogen-bond donors (Lipinski definition) is 3.